The molecule has 0 radical (unpaired) electrons. The van der Waals surface area contributed by atoms with Gasteiger partial charge in [-0.25, -0.2) is 0 Å². The van der Waals surface area contributed by atoms with E-state index in [2.05, 4.69) is 4.90 Å². The Morgan fingerprint density at radius 2 is 2.05 bits per heavy atom. The molecule has 1 heterocycles. The molecule has 2 rings (SSSR count). The van der Waals surface area contributed by atoms with E-state index in [1.807, 2.05) is 13.0 Å². The fraction of sp³-hybridized carbons (Fsp3) is 0.500. The van der Waals surface area contributed by atoms with Crippen LogP contribution in [0.4, 0.5) is 5.69 Å². The number of primary amides is 1. The van der Waals surface area contributed by atoms with Crippen molar-refractivity contribution in [2.75, 3.05) is 18.8 Å². The van der Waals surface area contributed by atoms with Crippen LogP contribution >= 0.6 is 0 Å². The van der Waals surface area contributed by atoms with Crippen LogP contribution in [-0.2, 0) is 6.54 Å². The van der Waals surface area contributed by atoms with Crippen LogP contribution in [0.5, 0.6) is 0 Å². The number of nitrogens with two attached hydrogens (primary N) is 2. The maximum atomic E-state index is 11.1. The number of hydrogen-bond donors (Lipinski definition) is 3. The van der Waals surface area contributed by atoms with Crippen molar-refractivity contribution >= 4 is 11.6 Å². The first kappa shape index (κ1) is 13.8. The zero-order valence-corrected chi connectivity index (χ0v) is 11.2. The van der Waals surface area contributed by atoms with Gasteiger partial charge in [-0.3, -0.25) is 9.69 Å². The molecule has 0 bridgehead atoms. The molecule has 0 saturated carbocycles. The van der Waals surface area contributed by atoms with Crippen molar-refractivity contribution in [3.05, 3.63) is 29.3 Å². The Morgan fingerprint density at radius 1 is 1.42 bits per heavy atom. The Morgan fingerprint density at radius 3 is 2.58 bits per heavy atom. The third-order valence-electron chi connectivity index (χ3n) is 3.76. The third-order valence-corrected chi connectivity index (χ3v) is 3.76. The second-order valence-electron chi connectivity index (χ2n) is 5.55. The maximum Gasteiger partial charge on any atom is 0.248 e. The van der Waals surface area contributed by atoms with Gasteiger partial charge >= 0.3 is 0 Å². The Hall–Kier alpha value is -1.59. The number of nitrogen functional groups attached to an aromatic ring is 1. The van der Waals surface area contributed by atoms with Crippen molar-refractivity contribution < 1.29 is 9.90 Å². The number of benzene rings is 1. The van der Waals surface area contributed by atoms with Gasteiger partial charge in [0.15, 0.2) is 0 Å². The molecule has 1 aromatic rings. The Labute approximate surface area is 113 Å². The monoisotopic (exact) mass is 263 g/mol. The molecule has 19 heavy (non-hydrogen) atoms. The van der Waals surface area contributed by atoms with Gasteiger partial charge in [0.25, 0.3) is 0 Å². The second kappa shape index (κ2) is 5.19. The van der Waals surface area contributed by atoms with E-state index in [0.717, 1.165) is 38.0 Å². The number of amides is 1. The fourth-order valence-corrected chi connectivity index (χ4v) is 2.33. The van der Waals surface area contributed by atoms with Gasteiger partial charge in [0.05, 0.1) is 5.60 Å². The number of nitrogens with zero attached hydrogens (tertiary/aromatic N) is 1. The van der Waals surface area contributed by atoms with Gasteiger partial charge < -0.3 is 16.6 Å². The van der Waals surface area contributed by atoms with Gasteiger partial charge in [-0.1, -0.05) is 6.07 Å². The summed E-state index contributed by atoms with van der Waals surface area (Å²) in [6, 6.07) is 5.17. The number of likely N-dealkylation sites (tertiary alicyclic amines) is 1. The molecular formula is C14H21N3O2. The molecule has 0 spiro atoms. The van der Waals surface area contributed by atoms with E-state index in [1.54, 1.807) is 12.1 Å². The highest BCUT2D eigenvalue weighted by Gasteiger charge is 2.27. The zero-order valence-electron chi connectivity index (χ0n) is 11.2. The summed E-state index contributed by atoms with van der Waals surface area (Å²) in [6.45, 7) is 4.31. The minimum atomic E-state index is -0.544. The molecule has 0 atom stereocenters. The van der Waals surface area contributed by atoms with E-state index in [4.69, 9.17) is 11.5 Å². The number of piperidine rings is 1. The Bertz CT molecular complexity index is 476. The Balaban J connectivity index is 2.02. The van der Waals surface area contributed by atoms with Crippen LogP contribution in [0.25, 0.3) is 0 Å². The third kappa shape index (κ3) is 3.45. The lowest BCUT2D eigenvalue weighted by molar-refractivity contribution is -0.00725. The molecule has 0 aliphatic carbocycles. The van der Waals surface area contributed by atoms with Crippen LogP contribution in [0, 0.1) is 0 Å². The van der Waals surface area contributed by atoms with Gasteiger partial charge in [-0.05, 0) is 37.5 Å². The molecule has 5 nitrogen and oxygen atoms in total. The highest BCUT2D eigenvalue weighted by molar-refractivity contribution is 5.93. The minimum absolute atomic E-state index is 0.433. The number of hydrogen-bond acceptors (Lipinski definition) is 4. The highest BCUT2D eigenvalue weighted by Crippen LogP contribution is 2.24. The average Bonchev–Trinajstić information content (AvgIpc) is 2.34. The molecule has 1 amide bonds. The molecule has 0 unspecified atom stereocenters. The first-order valence-electron chi connectivity index (χ1n) is 6.50. The second-order valence-corrected chi connectivity index (χ2v) is 5.55. The van der Waals surface area contributed by atoms with E-state index in [9.17, 15) is 9.90 Å². The minimum Gasteiger partial charge on any atom is -0.398 e. The molecule has 1 fully saturated rings. The van der Waals surface area contributed by atoms with Crippen molar-refractivity contribution in [3.8, 4) is 0 Å². The zero-order chi connectivity index (χ0) is 14.0. The molecule has 1 aliphatic heterocycles. The largest absolute Gasteiger partial charge is 0.398 e. The van der Waals surface area contributed by atoms with Crippen LogP contribution in [0.3, 0.4) is 0 Å². The average molecular weight is 263 g/mol. The summed E-state index contributed by atoms with van der Waals surface area (Å²) in [5.74, 6) is -0.465. The quantitative estimate of drug-likeness (QED) is 0.700. The number of carbonyl (C=O) groups is 1. The van der Waals surface area contributed by atoms with Crippen LogP contribution in [-0.4, -0.2) is 34.6 Å². The van der Waals surface area contributed by atoms with E-state index in [-0.39, 0.29) is 0 Å². The lowest BCUT2D eigenvalue weighted by atomic mass is 9.93. The number of anilines is 1. The topological polar surface area (TPSA) is 92.6 Å². The van der Waals surface area contributed by atoms with Crippen molar-refractivity contribution in [2.24, 2.45) is 5.73 Å². The van der Waals surface area contributed by atoms with Crippen molar-refractivity contribution in [1.82, 2.24) is 4.90 Å². The highest BCUT2D eigenvalue weighted by atomic mass is 16.3. The summed E-state index contributed by atoms with van der Waals surface area (Å²) in [7, 11) is 0. The lowest BCUT2D eigenvalue weighted by Crippen LogP contribution is -2.42. The first-order chi connectivity index (χ1) is 8.87. The van der Waals surface area contributed by atoms with Gasteiger partial charge in [-0.15, -0.1) is 0 Å². The summed E-state index contributed by atoms with van der Waals surface area (Å²) in [4.78, 5) is 13.3. The van der Waals surface area contributed by atoms with Crippen LogP contribution < -0.4 is 11.5 Å². The fourth-order valence-electron chi connectivity index (χ4n) is 2.33. The standard InChI is InChI=1S/C14H21N3O2/c1-14(19)4-6-17(7-5-14)9-11-3-2-10(13(16)18)8-12(11)15/h2-3,8,19H,4-7,9,15H2,1H3,(H2,16,18). The molecule has 1 aliphatic rings. The van der Waals surface area contributed by atoms with Crippen LogP contribution in [0.15, 0.2) is 18.2 Å². The van der Waals surface area contributed by atoms with E-state index in [1.165, 1.54) is 0 Å². The Kier molecular flexibility index (Phi) is 3.78. The van der Waals surface area contributed by atoms with Crippen molar-refractivity contribution in [1.29, 1.82) is 0 Å². The predicted octanol–water partition coefficient (Wildman–Crippen LogP) is 0.715. The molecule has 5 N–H and O–H groups in total. The summed E-state index contributed by atoms with van der Waals surface area (Å²) < 4.78 is 0. The number of rotatable bonds is 3. The van der Waals surface area contributed by atoms with Crippen LogP contribution in [0.2, 0.25) is 0 Å². The first-order valence-corrected chi connectivity index (χ1v) is 6.50. The molecule has 1 saturated heterocycles. The summed E-state index contributed by atoms with van der Waals surface area (Å²) in [5, 5.41) is 9.91. The summed E-state index contributed by atoms with van der Waals surface area (Å²) in [5.41, 5.74) is 12.6. The lowest BCUT2D eigenvalue weighted by Gasteiger charge is -2.35. The van der Waals surface area contributed by atoms with Crippen LogP contribution in [0.1, 0.15) is 35.7 Å². The molecular weight excluding hydrogens is 242 g/mol. The van der Waals surface area contributed by atoms with Gasteiger partial charge in [0.1, 0.15) is 0 Å². The van der Waals surface area contributed by atoms with E-state index < -0.39 is 11.5 Å². The van der Waals surface area contributed by atoms with Gasteiger partial charge in [-0.2, -0.15) is 0 Å². The maximum absolute atomic E-state index is 11.1. The molecule has 0 aromatic heterocycles. The van der Waals surface area contributed by atoms with Crippen molar-refractivity contribution in [2.45, 2.75) is 31.9 Å². The normalized spacial score (nSPS) is 19.3. The smallest absolute Gasteiger partial charge is 0.248 e. The van der Waals surface area contributed by atoms with Crippen molar-refractivity contribution in [3.63, 3.8) is 0 Å². The number of carbonyl (C=O) groups excluding carboxylic acids is 1. The summed E-state index contributed by atoms with van der Waals surface area (Å²) >= 11 is 0. The predicted molar refractivity (Wildman–Crippen MR) is 74.5 cm³/mol. The molecule has 104 valence electrons. The number of aliphatic hydroxyl groups is 1. The van der Waals surface area contributed by atoms with E-state index in [0.29, 0.717) is 11.3 Å². The summed E-state index contributed by atoms with van der Waals surface area (Å²) in [6.07, 6.45) is 1.54. The van der Waals surface area contributed by atoms with E-state index >= 15 is 0 Å². The SMILES string of the molecule is CC1(O)CCN(Cc2ccc(C(N)=O)cc2N)CC1. The van der Waals surface area contributed by atoms with Gasteiger partial charge in [0.2, 0.25) is 5.91 Å². The molecule has 5 heteroatoms. The molecule has 1 aromatic carbocycles. The van der Waals surface area contributed by atoms with Gasteiger partial charge in [0, 0.05) is 30.9 Å².